The number of halogens is 2. The molecule has 246 valence electrons. The summed E-state index contributed by atoms with van der Waals surface area (Å²) in [7, 11) is 0. The molecule has 2 N–H and O–H groups in total. The van der Waals surface area contributed by atoms with Gasteiger partial charge in [0, 0.05) is 25.2 Å². The molecule has 4 aromatic carbocycles. The maximum absolute atomic E-state index is 13.0. The number of nitriles is 1. The maximum atomic E-state index is 13.0. The van der Waals surface area contributed by atoms with Crippen LogP contribution in [-0.2, 0) is 9.59 Å². The predicted octanol–water partition coefficient (Wildman–Crippen LogP) is 6.92. The molecule has 0 aromatic heterocycles. The van der Waals surface area contributed by atoms with E-state index in [9.17, 15) is 9.59 Å². The monoisotopic (exact) mass is 773 g/mol. The van der Waals surface area contributed by atoms with Gasteiger partial charge < -0.3 is 34.6 Å². The number of carbonyl (C=O) groups is 2. The van der Waals surface area contributed by atoms with E-state index in [0.29, 0.717) is 32.0 Å². The van der Waals surface area contributed by atoms with Gasteiger partial charge in [0.25, 0.3) is 5.91 Å². The number of ether oxygens (including phenoxy) is 3. The number of para-hydroxylation sites is 3. The Labute approximate surface area is 295 Å². The van der Waals surface area contributed by atoms with E-state index in [-0.39, 0.29) is 24.3 Å². The molecule has 0 unspecified atom stereocenters. The molecule has 1 atom stereocenters. The van der Waals surface area contributed by atoms with Crippen molar-refractivity contribution in [3.05, 3.63) is 93.9 Å². The average Bonchev–Trinajstić information content (AvgIpc) is 3.62. The highest BCUT2D eigenvalue weighted by atomic mass is 79.9. The van der Waals surface area contributed by atoms with E-state index in [1.54, 1.807) is 11.0 Å². The first-order valence-corrected chi connectivity index (χ1v) is 17.1. The molecule has 4 aromatic rings. The van der Waals surface area contributed by atoms with Crippen molar-refractivity contribution in [2.75, 3.05) is 61.5 Å². The minimum atomic E-state index is -0.119. The van der Waals surface area contributed by atoms with Crippen LogP contribution in [0, 0.1) is 17.4 Å². The van der Waals surface area contributed by atoms with Gasteiger partial charge in [0.1, 0.15) is 13.2 Å². The van der Waals surface area contributed by atoms with Crippen LogP contribution in [0.2, 0.25) is 0 Å². The van der Waals surface area contributed by atoms with Crippen molar-refractivity contribution in [3.63, 3.8) is 0 Å². The van der Waals surface area contributed by atoms with Crippen molar-refractivity contribution in [3.8, 4) is 34.6 Å². The highest BCUT2D eigenvalue weighted by Crippen LogP contribution is 2.41. The molecule has 4 aliphatic heterocycles. The summed E-state index contributed by atoms with van der Waals surface area (Å²) in [6.07, 6.45) is 2.87. The fourth-order valence-electron chi connectivity index (χ4n) is 5.81. The van der Waals surface area contributed by atoms with Crippen LogP contribution in [0.3, 0.4) is 0 Å². The quantitative estimate of drug-likeness (QED) is 0.211. The zero-order chi connectivity index (χ0) is 33.5. The standard InChI is InChI=1S/C20H19N3O2.C8H6BrNO2.C8H8BrNO/c21-14-22-10-9-16(13-22)20(24)23-11-12-25-19-17(7-4-8-18(19)23)15-5-2-1-3-6-15;9-5-2-1-3-6-8(5)12-4-7(11)10-6;9-6-2-1-3-7-8(6)11-5-4-10-7/h1-8,16H,9-13H2;1-3H,4H2,(H,10,11);1-3,10H,4-5H2/t16-;;/m1../s1. The largest absolute Gasteiger partial charge is 0.489 e. The van der Waals surface area contributed by atoms with Crippen LogP contribution in [0.5, 0.6) is 17.2 Å². The van der Waals surface area contributed by atoms with E-state index < -0.39 is 0 Å². The first-order chi connectivity index (χ1) is 23.4. The Bertz CT molecular complexity index is 1830. The fraction of sp³-hybridized carbons (Fsp3) is 0.250. The Kier molecular flexibility index (Phi) is 10.7. The Morgan fingerprint density at radius 3 is 2.25 bits per heavy atom. The van der Waals surface area contributed by atoms with Gasteiger partial charge in [-0.05, 0) is 74.2 Å². The second kappa shape index (κ2) is 15.4. The Morgan fingerprint density at radius 1 is 0.812 bits per heavy atom. The molecular weight excluding hydrogens is 742 g/mol. The second-order valence-electron chi connectivity index (χ2n) is 11.2. The molecule has 48 heavy (non-hydrogen) atoms. The summed E-state index contributed by atoms with van der Waals surface area (Å²) in [6, 6.07) is 27.5. The summed E-state index contributed by atoms with van der Waals surface area (Å²) in [4.78, 5) is 27.4. The molecule has 1 saturated heterocycles. The number of nitrogens with one attached hydrogen (secondary N) is 2. The van der Waals surface area contributed by atoms with Gasteiger partial charge in [-0.25, -0.2) is 0 Å². The smallest absolute Gasteiger partial charge is 0.262 e. The number of carbonyl (C=O) groups excluding carboxylic acids is 2. The highest BCUT2D eigenvalue weighted by molar-refractivity contribution is 9.11. The fourth-order valence-corrected chi connectivity index (χ4v) is 6.77. The van der Waals surface area contributed by atoms with Crippen molar-refractivity contribution in [2.24, 2.45) is 5.92 Å². The Hall–Kier alpha value is -4.73. The van der Waals surface area contributed by atoms with Gasteiger partial charge in [-0.2, -0.15) is 5.26 Å². The van der Waals surface area contributed by atoms with E-state index in [1.807, 2.05) is 83.8 Å². The number of rotatable bonds is 2. The summed E-state index contributed by atoms with van der Waals surface area (Å²) in [5.74, 6) is 2.26. The highest BCUT2D eigenvalue weighted by Gasteiger charge is 2.34. The van der Waals surface area contributed by atoms with Crippen LogP contribution < -0.4 is 29.7 Å². The molecule has 10 nitrogen and oxygen atoms in total. The predicted molar refractivity (Wildman–Crippen MR) is 191 cm³/mol. The zero-order valence-corrected chi connectivity index (χ0v) is 29.1. The van der Waals surface area contributed by atoms with Gasteiger partial charge in [0.15, 0.2) is 30.0 Å². The van der Waals surface area contributed by atoms with Crippen molar-refractivity contribution < 1.29 is 23.8 Å². The minimum Gasteiger partial charge on any atom is -0.489 e. The molecule has 8 rings (SSSR count). The van der Waals surface area contributed by atoms with Crippen LogP contribution in [0.4, 0.5) is 17.1 Å². The molecule has 0 saturated carbocycles. The van der Waals surface area contributed by atoms with Crippen molar-refractivity contribution >= 4 is 60.7 Å². The number of amides is 2. The lowest BCUT2D eigenvalue weighted by atomic mass is 10.0. The molecule has 0 radical (unpaired) electrons. The third-order valence-electron chi connectivity index (χ3n) is 8.10. The lowest BCUT2D eigenvalue weighted by Gasteiger charge is -2.32. The SMILES string of the molecule is Brc1cccc2c1OCCN2.N#CN1CC[C@@H](C(=O)N2CCOc3c(-c4ccccc4)cccc32)C1.O=C1COc2c(Br)cccc2N1. The molecule has 0 aliphatic carbocycles. The Morgan fingerprint density at radius 2 is 1.52 bits per heavy atom. The second-order valence-corrected chi connectivity index (χ2v) is 12.9. The molecule has 1 fully saturated rings. The lowest BCUT2D eigenvalue weighted by molar-refractivity contribution is -0.122. The topological polar surface area (TPSA) is 116 Å². The number of anilines is 3. The van der Waals surface area contributed by atoms with Gasteiger partial charge in [0.05, 0.1) is 38.5 Å². The van der Waals surface area contributed by atoms with E-state index in [1.165, 1.54) is 0 Å². The average molecular weight is 775 g/mol. The summed E-state index contributed by atoms with van der Waals surface area (Å²) in [6.45, 7) is 3.94. The van der Waals surface area contributed by atoms with Gasteiger partial charge in [-0.15, -0.1) is 0 Å². The van der Waals surface area contributed by atoms with Crippen molar-refractivity contribution in [2.45, 2.75) is 6.42 Å². The number of hydrogen-bond donors (Lipinski definition) is 2. The van der Waals surface area contributed by atoms with Crippen LogP contribution in [0.1, 0.15) is 6.42 Å². The zero-order valence-electron chi connectivity index (χ0n) is 26.0. The molecule has 0 bridgehead atoms. The number of likely N-dealkylation sites (tertiary alicyclic amines) is 1. The molecule has 2 amide bonds. The normalized spacial score (nSPS) is 16.9. The van der Waals surface area contributed by atoms with Crippen LogP contribution in [0.15, 0.2) is 93.9 Å². The van der Waals surface area contributed by atoms with Crippen LogP contribution in [0.25, 0.3) is 11.1 Å². The molecule has 12 heteroatoms. The summed E-state index contributed by atoms with van der Waals surface area (Å²) in [5.41, 5.74) is 4.70. The van der Waals surface area contributed by atoms with E-state index in [2.05, 4.69) is 48.7 Å². The molecule has 4 heterocycles. The van der Waals surface area contributed by atoms with Gasteiger partial charge in [0.2, 0.25) is 5.91 Å². The van der Waals surface area contributed by atoms with E-state index in [4.69, 9.17) is 19.5 Å². The minimum absolute atomic E-state index is 0.0903. The van der Waals surface area contributed by atoms with Crippen molar-refractivity contribution in [1.82, 2.24) is 4.90 Å². The maximum Gasteiger partial charge on any atom is 0.262 e. The summed E-state index contributed by atoms with van der Waals surface area (Å²) >= 11 is 6.74. The number of hydrogen-bond acceptors (Lipinski definition) is 8. The van der Waals surface area contributed by atoms with E-state index >= 15 is 0 Å². The van der Waals surface area contributed by atoms with E-state index in [0.717, 1.165) is 68.2 Å². The van der Waals surface area contributed by atoms with Gasteiger partial charge in [-0.1, -0.05) is 54.6 Å². The van der Waals surface area contributed by atoms with Crippen LogP contribution in [-0.4, -0.2) is 62.7 Å². The van der Waals surface area contributed by atoms with Crippen molar-refractivity contribution in [1.29, 1.82) is 5.26 Å². The number of nitrogens with zero attached hydrogens (tertiary/aromatic N) is 3. The number of fused-ring (bicyclic) bond motifs is 3. The lowest BCUT2D eigenvalue weighted by Crippen LogP contribution is -2.42. The number of benzene rings is 4. The first kappa shape index (κ1) is 33.2. The molecular formula is C36H33Br2N5O5. The first-order valence-electron chi connectivity index (χ1n) is 15.6. The third-order valence-corrected chi connectivity index (χ3v) is 9.34. The summed E-state index contributed by atoms with van der Waals surface area (Å²) in [5, 5.41) is 15.0. The molecule has 4 aliphatic rings. The molecule has 0 spiro atoms. The van der Waals surface area contributed by atoms with Gasteiger partial charge in [-0.3, -0.25) is 9.59 Å². The van der Waals surface area contributed by atoms with Gasteiger partial charge >= 0.3 is 0 Å². The summed E-state index contributed by atoms with van der Waals surface area (Å²) < 4.78 is 18.5. The Balaban J connectivity index is 0.000000144. The van der Waals surface area contributed by atoms with Crippen LogP contribution >= 0.6 is 31.9 Å². The third kappa shape index (κ3) is 7.53.